The maximum Gasteiger partial charge on any atom is 0.258 e. The minimum atomic E-state index is -0.398. The lowest BCUT2D eigenvalue weighted by Gasteiger charge is -2.23. The molecule has 0 radical (unpaired) electrons. The standard InChI is InChI=1S/C17H19FN2O/c1-13-10-14(12-15(18)11-13)17(21)20(9-5-8-19)16-6-3-2-4-7-16/h2-4,6-7,10-12H,5,8-9,19H2,1H3. The summed E-state index contributed by atoms with van der Waals surface area (Å²) in [6, 6.07) is 13.7. The second kappa shape index (κ2) is 6.99. The second-order valence-electron chi connectivity index (χ2n) is 4.95. The number of nitrogens with zero attached hydrogens (tertiary/aromatic N) is 1. The molecule has 0 heterocycles. The molecule has 3 nitrogen and oxygen atoms in total. The minimum absolute atomic E-state index is 0.211. The van der Waals surface area contributed by atoms with Crippen LogP contribution in [0.4, 0.5) is 10.1 Å². The van der Waals surface area contributed by atoms with Crippen molar-refractivity contribution in [1.82, 2.24) is 0 Å². The highest BCUT2D eigenvalue weighted by Crippen LogP contribution is 2.18. The molecule has 0 atom stereocenters. The number of benzene rings is 2. The summed E-state index contributed by atoms with van der Waals surface area (Å²) in [5, 5.41) is 0. The number of hydrogen-bond acceptors (Lipinski definition) is 2. The van der Waals surface area contributed by atoms with Gasteiger partial charge in [-0.3, -0.25) is 4.79 Å². The summed E-state index contributed by atoms with van der Waals surface area (Å²) in [5.41, 5.74) is 7.42. The lowest BCUT2D eigenvalue weighted by molar-refractivity contribution is 0.0986. The first-order valence-electron chi connectivity index (χ1n) is 6.96. The Labute approximate surface area is 124 Å². The summed E-state index contributed by atoms with van der Waals surface area (Å²) in [4.78, 5) is 14.3. The highest BCUT2D eigenvalue weighted by molar-refractivity contribution is 6.06. The van der Waals surface area contributed by atoms with Crippen molar-refractivity contribution in [2.24, 2.45) is 5.73 Å². The van der Waals surface area contributed by atoms with Crippen LogP contribution in [0.2, 0.25) is 0 Å². The van der Waals surface area contributed by atoms with Crippen molar-refractivity contribution >= 4 is 11.6 Å². The van der Waals surface area contributed by atoms with Crippen molar-refractivity contribution in [3.63, 3.8) is 0 Å². The molecule has 2 rings (SSSR count). The predicted octanol–water partition coefficient (Wildman–Crippen LogP) is 3.13. The third kappa shape index (κ3) is 3.89. The van der Waals surface area contributed by atoms with Crippen LogP contribution >= 0.6 is 0 Å². The number of hydrogen-bond donors (Lipinski definition) is 1. The molecule has 2 aromatic rings. The van der Waals surface area contributed by atoms with Gasteiger partial charge in [0, 0.05) is 17.8 Å². The number of carbonyl (C=O) groups excluding carboxylic acids is 1. The van der Waals surface area contributed by atoms with Crippen LogP contribution in [0.1, 0.15) is 22.3 Å². The van der Waals surface area contributed by atoms with Gasteiger partial charge in [-0.05, 0) is 55.8 Å². The Morgan fingerprint density at radius 3 is 2.52 bits per heavy atom. The van der Waals surface area contributed by atoms with Gasteiger partial charge in [0.2, 0.25) is 0 Å². The van der Waals surface area contributed by atoms with Crippen LogP contribution in [0, 0.1) is 12.7 Å². The van der Waals surface area contributed by atoms with Gasteiger partial charge >= 0.3 is 0 Å². The van der Waals surface area contributed by atoms with E-state index in [-0.39, 0.29) is 5.91 Å². The van der Waals surface area contributed by atoms with Crippen molar-refractivity contribution in [3.05, 3.63) is 65.5 Å². The van der Waals surface area contributed by atoms with Crippen molar-refractivity contribution in [2.75, 3.05) is 18.0 Å². The van der Waals surface area contributed by atoms with Gasteiger partial charge in [0.1, 0.15) is 5.82 Å². The van der Waals surface area contributed by atoms with E-state index in [2.05, 4.69) is 0 Å². The van der Waals surface area contributed by atoms with Crippen LogP contribution in [0.5, 0.6) is 0 Å². The van der Waals surface area contributed by atoms with Crippen molar-refractivity contribution in [3.8, 4) is 0 Å². The van der Waals surface area contributed by atoms with Crippen LogP contribution in [0.15, 0.2) is 48.5 Å². The van der Waals surface area contributed by atoms with Crippen molar-refractivity contribution in [2.45, 2.75) is 13.3 Å². The van der Waals surface area contributed by atoms with Crippen LogP contribution < -0.4 is 10.6 Å². The number of para-hydroxylation sites is 1. The Morgan fingerprint density at radius 2 is 1.90 bits per heavy atom. The highest BCUT2D eigenvalue weighted by Gasteiger charge is 2.18. The zero-order chi connectivity index (χ0) is 15.2. The van der Waals surface area contributed by atoms with Gasteiger partial charge in [-0.25, -0.2) is 4.39 Å². The molecule has 0 spiro atoms. The number of rotatable bonds is 5. The molecular formula is C17H19FN2O. The highest BCUT2D eigenvalue weighted by atomic mass is 19.1. The Hall–Kier alpha value is -2.20. The van der Waals surface area contributed by atoms with Gasteiger partial charge in [-0.15, -0.1) is 0 Å². The molecular weight excluding hydrogens is 267 g/mol. The molecule has 0 aliphatic heterocycles. The van der Waals surface area contributed by atoms with Gasteiger partial charge in [0.15, 0.2) is 0 Å². The smallest absolute Gasteiger partial charge is 0.258 e. The Morgan fingerprint density at radius 1 is 1.19 bits per heavy atom. The first kappa shape index (κ1) is 15.2. The Bertz CT molecular complexity index is 593. The molecule has 0 saturated heterocycles. The van der Waals surface area contributed by atoms with Crippen LogP contribution in [-0.4, -0.2) is 19.0 Å². The fourth-order valence-corrected chi connectivity index (χ4v) is 2.22. The fourth-order valence-electron chi connectivity index (χ4n) is 2.22. The van der Waals surface area contributed by atoms with Gasteiger partial charge < -0.3 is 10.6 Å². The quantitative estimate of drug-likeness (QED) is 0.918. The average Bonchev–Trinajstić information content (AvgIpc) is 2.47. The molecule has 4 heteroatoms. The summed E-state index contributed by atoms with van der Waals surface area (Å²) < 4.78 is 13.5. The van der Waals surface area contributed by atoms with E-state index in [4.69, 9.17) is 5.73 Å². The molecule has 1 amide bonds. The molecule has 2 N–H and O–H groups in total. The second-order valence-corrected chi connectivity index (χ2v) is 4.95. The topological polar surface area (TPSA) is 46.3 Å². The maximum absolute atomic E-state index is 13.5. The predicted molar refractivity (Wildman–Crippen MR) is 82.9 cm³/mol. The normalized spacial score (nSPS) is 10.4. The number of anilines is 1. The van der Waals surface area contributed by atoms with Crippen LogP contribution in [-0.2, 0) is 0 Å². The number of halogens is 1. The van der Waals surface area contributed by atoms with Gasteiger partial charge in [-0.2, -0.15) is 0 Å². The van der Waals surface area contributed by atoms with Gasteiger partial charge in [-0.1, -0.05) is 18.2 Å². The molecule has 0 unspecified atom stereocenters. The molecule has 0 aromatic heterocycles. The molecule has 2 aromatic carbocycles. The molecule has 0 fully saturated rings. The zero-order valence-corrected chi connectivity index (χ0v) is 12.1. The fraction of sp³-hybridized carbons (Fsp3) is 0.235. The van der Waals surface area contributed by atoms with E-state index < -0.39 is 5.82 Å². The first-order chi connectivity index (χ1) is 10.1. The van der Waals surface area contributed by atoms with E-state index in [9.17, 15) is 9.18 Å². The van der Waals surface area contributed by atoms with Gasteiger partial charge in [0.05, 0.1) is 0 Å². The van der Waals surface area contributed by atoms with E-state index in [1.807, 2.05) is 30.3 Å². The lowest BCUT2D eigenvalue weighted by Crippen LogP contribution is -2.33. The third-order valence-corrected chi connectivity index (χ3v) is 3.19. The Kier molecular flexibility index (Phi) is 5.06. The van der Waals surface area contributed by atoms with Crippen molar-refractivity contribution < 1.29 is 9.18 Å². The largest absolute Gasteiger partial charge is 0.330 e. The monoisotopic (exact) mass is 286 g/mol. The summed E-state index contributed by atoms with van der Waals surface area (Å²) in [6.07, 6.45) is 0.689. The lowest BCUT2D eigenvalue weighted by atomic mass is 10.1. The van der Waals surface area contributed by atoms with E-state index in [0.29, 0.717) is 25.1 Å². The number of amides is 1. The average molecular weight is 286 g/mol. The van der Waals surface area contributed by atoms with E-state index in [1.165, 1.54) is 12.1 Å². The Balaban J connectivity index is 2.33. The van der Waals surface area contributed by atoms with Crippen LogP contribution in [0.3, 0.4) is 0 Å². The zero-order valence-electron chi connectivity index (χ0n) is 12.1. The number of carbonyl (C=O) groups is 1. The molecule has 0 aliphatic carbocycles. The maximum atomic E-state index is 13.5. The van der Waals surface area contributed by atoms with Crippen molar-refractivity contribution in [1.29, 1.82) is 0 Å². The number of nitrogens with two attached hydrogens (primary N) is 1. The third-order valence-electron chi connectivity index (χ3n) is 3.19. The van der Waals surface area contributed by atoms with E-state index in [0.717, 1.165) is 11.3 Å². The van der Waals surface area contributed by atoms with Gasteiger partial charge in [0.25, 0.3) is 5.91 Å². The molecule has 0 saturated carbocycles. The summed E-state index contributed by atoms with van der Waals surface area (Å²) >= 11 is 0. The molecule has 21 heavy (non-hydrogen) atoms. The van der Waals surface area contributed by atoms with E-state index in [1.54, 1.807) is 17.9 Å². The molecule has 110 valence electrons. The summed E-state index contributed by atoms with van der Waals surface area (Å²) in [5.74, 6) is -0.609. The first-order valence-corrected chi connectivity index (χ1v) is 6.96. The number of aryl methyl sites for hydroxylation is 1. The molecule has 0 aliphatic rings. The van der Waals surface area contributed by atoms with Crippen LogP contribution in [0.25, 0.3) is 0 Å². The summed E-state index contributed by atoms with van der Waals surface area (Å²) in [7, 11) is 0. The van der Waals surface area contributed by atoms with E-state index >= 15 is 0 Å². The molecule has 0 bridgehead atoms. The minimum Gasteiger partial charge on any atom is -0.330 e. The SMILES string of the molecule is Cc1cc(F)cc(C(=O)N(CCCN)c2ccccc2)c1. The summed E-state index contributed by atoms with van der Waals surface area (Å²) in [6.45, 7) is 2.78.